The summed E-state index contributed by atoms with van der Waals surface area (Å²) >= 11 is 0. The van der Waals surface area contributed by atoms with Gasteiger partial charge in [-0.2, -0.15) is 0 Å². The minimum Gasteiger partial charge on any atom is -1.00 e. The summed E-state index contributed by atoms with van der Waals surface area (Å²) in [6.07, 6.45) is 0. The van der Waals surface area contributed by atoms with Gasteiger partial charge in [-0.25, -0.2) is 0 Å². The van der Waals surface area contributed by atoms with Crippen LogP contribution in [-0.2, 0) is 0 Å². The number of aliphatic hydroxyl groups excluding tert-OH is 1. The Morgan fingerprint density at radius 1 is 1.25 bits per heavy atom. The van der Waals surface area contributed by atoms with Gasteiger partial charge in [0.25, 0.3) is 0 Å². The summed E-state index contributed by atoms with van der Waals surface area (Å²) in [7, 11) is 1.00. The second kappa shape index (κ2) is 19.6. The molecule has 0 bridgehead atoms. The van der Waals surface area contributed by atoms with Crippen LogP contribution >= 0.6 is 0 Å². The summed E-state index contributed by atoms with van der Waals surface area (Å²) in [6, 6.07) is 0. The molecule has 0 amide bonds. The van der Waals surface area contributed by atoms with Crippen molar-refractivity contribution in [3.63, 3.8) is 0 Å². The molecule has 0 spiro atoms. The van der Waals surface area contributed by atoms with Crippen molar-refractivity contribution < 1.29 is 73.5 Å². The van der Waals surface area contributed by atoms with Crippen molar-refractivity contribution in [2.45, 2.75) is 0 Å². The van der Waals surface area contributed by atoms with Gasteiger partial charge in [-0.15, -0.1) is 0 Å². The fourth-order valence-corrected chi connectivity index (χ4v) is 0. The Bertz CT molecular complexity index is 8.00. The molecule has 22 valence electrons. The quantitative estimate of drug-likeness (QED) is 0.341. The summed E-state index contributed by atoms with van der Waals surface area (Å²) in [5.41, 5.74) is 0. The Morgan fingerprint density at radius 3 is 1.25 bits per heavy atom. The topological polar surface area (TPSA) is 20.2 Å². The summed E-state index contributed by atoms with van der Waals surface area (Å²) in [5, 5.41) is 7.00. The fraction of sp³-hybridized carbons (Fsp3) is 1.00. The van der Waals surface area contributed by atoms with Gasteiger partial charge in [0.1, 0.15) is 0 Å². The first-order valence-electron chi connectivity index (χ1n) is 0.447. The van der Waals surface area contributed by atoms with Gasteiger partial charge in [-0.05, 0) is 0 Å². The maximum atomic E-state index is 7.00. The van der Waals surface area contributed by atoms with Crippen LogP contribution in [-0.4, -0.2) is 12.2 Å². The molecule has 0 aromatic rings. The molecule has 1 nitrogen and oxygen atoms in total. The zero-order chi connectivity index (χ0) is 2.00. The van der Waals surface area contributed by atoms with Gasteiger partial charge in [0.2, 0.25) is 0 Å². The Balaban J connectivity index is -0.00000000500. The van der Waals surface area contributed by atoms with Crippen LogP contribution < -0.4 is 68.4 Å². The third-order valence-electron chi connectivity index (χ3n) is 0. The van der Waals surface area contributed by atoms with E-state index in [1.807, 2.05) is 0 Å². The third kappa shape index (κ3) is 8.95. The first-order chi connectivity index (χ1) is 1.00. The second-order valence-corrected chi connectivity index (χ2v) is 0. The van der Waals surface area contributed by atoms with E-state index in [-0.39, 0.29) is 68.4 Å². The molecule has 0 unspecified atom stereocenters. The maximum Gasteiger partial charge on any atom is 1.00 e. The molecule has 0 rings (SSSR count). The Morgan fingerprint density at radius 2 is 1.25 bits per heavy atom. The number of halogens is 1. The molecule has 0 radical (unpaired) electrons. The van der Waals surface area contributed by atoms with Crippen LogP contribution in [0, 0.1) is 0 Å². The average Bonchev–Trinajstić information content (AvgIpc) is 1.00. The fourth-order valence-electron chi connectivity index (χ4n) is 0. The Hall–Kier alpha value is 2.08. The predicted octanol–water partition coefficient (Wildman–Crippen LogP) is -6.38. The predicted molar refractivity (Wildman–Crippen MR) is 8.14 cm³/mol. The van der Waals surface area contributed by atoms with Gasteiger partial charge >= 0.3 is 51.4 Å². The molecule has 0 aromatic carbocycles. The van der Waals surface area contributed by atoms with E-state index >= 15 is 0 Å². The number of hydrogen-bond donors (Lipinski definition) is 1. The molecular formula is CH4BrKO. The molecule has 0 aliphatic heterocycles. The second-order valence-electron chi connectivity index (χ2n) is 0. The van der Waals surface area contributed by atoms with E-state index in [1.165, 1.54) is 0 Å². The van der Waals surface area contributed by atoms with Crippen molar-refractivity contribution in [2.75, 3.05) is 7.11 Å². The van der Waals surface area contributed by atoms with Crippen molar-refractivity contribution in [3.05, 3.63) is 0 Å². The summed E-state index contributed by atoms with van der Waals surface area (Å²) in [4.78, 5) is 0. The SMILES string of the molecule is CO.[Br-].[K+]. The van der Waals surface area contributed by atoms with Crippen LogP contribution in [0.1, 0.15) is 0 Å². The van der Waals surface area contributed by atoms with Crippen molar-refractivity contribution >= 4 is 0 Å². The van der Waals surface area contributed by atoms with Gasteiger partial charge in [-0.3, -0.25) is 0 Å². The standard InChI is InChI=1S/CH4O.BrH.K/c1-2;;/h2H,1H3;1H;/q;;+1/p-1. The van der Waals surface area contributed by atoms with Crippen molar-refractivity contribution in [2.24, 2.45) is 0 Å². The smallest absolute Gasteiger partial charge is 1.00 e. The van der Waals surface area contributed by atoms with E-state index in [0.29, 0.717) is 0 Å². The van der Waals surface area contributed by atoms with E-state index in [4.69, 9.17) is 5.11 Å². The summed E-state index contributed by atoms with van der Waals surface area (Å²) in [5.74, 6) is 0. The van der Waals surface area contributed by atoms with E-state index < -0.39 is 0 Å². The molecule has 0 fully saturated rings. The number of rotatable bonds is 0. The van der Waals surface area contributed by atoms with E-state index in [9.17, 15) is 0 Å². The molecule has 3 heteroatoms. The van der Waals surface area contributed by atoms with Crippen LogP contribution in [0.4, 0.5) is 0 Å². The Labute approximate surface area is 79.0 Å². The maximum absolute atomic E-state index is 7.00. The summed E-state index contributed by atoms with van der Waals surface area (Å²) < 4.78 is 0. The molecule has 0 atom stereocenters. The molecule has 0 saturated carbocycles. The van der Waals surface area contributed by atoms with Gasteiger partial charge in [0.15, 0.2) is 0 Å². The van der Waals surface area contributed by atoms with E-state index in [2.05, 4.69) is 0 Å². The molecule has 0 saturated heterocycles. The Kier molecular flexibility index (Phi) is 80.9. The molecule has 0 aliphatic carbocycles. The number of aliphatic hydroxyl groups is 1. The van der Waals surface area contributed by atoms with E-state index in [1.54, 1.807) is 0 Å². The van der Waals surface area contributed by atoms with Gasteiger partial charge in [0, 0.05) is 7.11 Å². The van der Waals surface area contributed by atoms with Crippen molar-refractivity contribution in [3.8, 4) is 0 Å². The third-order valence-corrected chi connectivity index (χ3v) is 0. The van der Waals surface area contributed by atoms with Crippen LogP contribution in [0.3, 0.4) is 0 Å². The van der Waals surface area contributed by atoms with Crippen LogP contribution in [0.25, 0.3) is 0 Å². The zero-order valence-electron chi connectivity index (χ0n) is 2.83. The minimum atomic E-state index is 0. The normalized spacial score (nSPS) is 1.50. The van der Waals surface area contributed by atoms with Gasteiger partial charge in [-0.1, -0.05) is 0 Å². The summed E-state index contributed by atoms with van der Waals surface area (Å²) in [6.45, 7) is 0. The van der Waals surface area contributed by atoms with Crippen LogP contribution in [0.15, 0.2) is 0 Å². The molecular weight excluding hydrogens is 147 g/mol. The van der Waals surface area contributed by atoms with Crippen molar-refractivity contribution in [1.29, 1.82) is 0 Å². The average molecular weight is 151 g/mol. The van der Waals surface area contributed by atoms with E-state index in [0.717, 1.165) is 7.11 Å². The van der Waals surface area contributed by atoms with Gasteiger partial charge in [0.05, 0.1) is 0 Å². The minimum absolute atomic E-state index is 0. The molecule has 4 heavy (non-hydrogen) atoms. The molecule has 1 N–H and O–H groups in total. The largest absolute Gasteiger partial charge is 1.00 e. The number of hydrogen-bond acceptors (Lipinski definition) is 1. The van der Waals surface area contributed by atoms with Crippen molar-refractivity contribution in [1.82, 2.24) is 0 Å². The first-order valence-corrected chi connectivity index (χ1v) is 0.447. The molecule has 0 aromatic heterocycles. The van der Waals surface area contributed by atoms with Crippen LogP contribution in [0.2, 0.25) is 0 Å². The first kappa shape index (κ1) is 16.5. The zero-order valence-corrected chi connectivity index (χ0v) is 7.53. The molecule has 0 heterocycles. The van der Waals surface area contributed by atoms with Crippen LogP contribution in [0.5, 0.6) is 0 Å². The van der Waals surface area contributed by atoms with Gasteiger partial charge < -0.3 is 22.1 Å². The molecule has 0 aliphatic rings. The monoisotopic (exact) mass is 150 g/mol.